The maximum atomic E-state index is 12.3. The van der Waals surface area contributed by atoms with Crippen LogP contribution in [0, 0.1) is 13.8 Å². The van der Waals surface area contributed by atoms with E-state index in [1.54, 1.807) is 12.1 Å². The number of rotatable bonds is 11. The second kappa shape index (κ2) is 27.2. The van der Waals surface area contributed by atoms with Crippen LogP contribution in [0.5, 0.6) is 11.5 Å². The van der Waals surface area contributed by atoms with E-state index in [4.69, 9.17) is 0 Å². The van der Waals surface area contributed by atoms with Crippen molar-refractivity contribution < 1.29 is 26.6 Å². The molecule has 7 heteroatoms. The van der Waals surface area contributed by atoms with E-state index in [-0.39, 0.29) is 11.5 Å². The monoisotopic (exact) mass is 1130 g/mol. The summed E-state index contributed by atoms with van der Waals surface area (Å²) in [5, 5.41) is 24.5. The molecule has 65 heavy (non-hydrogen) atoms. The first-order chi connectivity index (χ1) is 31.9. The van der Waals surface area contributed by atoms with Gasteiger partial charge < -0.3 is 10.2 Å². The van der Waals surface area contributed by atoms with E-state index in [1.165, 1.54) is 45.4 Å². The van der Waals surface area contributed by atoms with Crippen LogP contribution in [0.25, 0.3) is 0 Å². The Kier molecular flexibility index (Phi) is 20.9. The Morgan fingerprint density at radius 2 is 0.677 bits per heavy atom. The normalized spacial score (nSPS) is 12.3. The van der Waals surface area contributed by atoms with Gasteiger partial charge in [-0.25, -0.2) is 0 Å². The fourth-order valence-electron chi connectivity index (χ4n) is 8.22. The van der Waals surface area contributed by atoms with Crippen LogP contribution in [0.4, 0.5) is 0 Å². The zero-order valence-corrected chi connectivity index (χ0v) is 44.3. The maximum absolute atomic E-state index is 12.3. The predicted octanol–water partition coefficient (Wildman–Crippen LogP) is 9.03. The molecule has 0 heterocycles. The van der Waals surface area contributed by atoms with E-state index in [2.05, 4.69) is 217 Å². The molecule has 0 aliphatic heterocycles. The Hall–Kier alpha value is -4.46. The van der Waals surface area contributed by atoms with Gasteiger partial charge in [-0.3, -0.25) is 4.90 Å². The first-order valence-corrected chi connectivity index (χ1v) is 31.8. The van der Waals surface area contributed by atoms with Crippen molar-refractivity contribution in [3.8, 4) is 11.5 Å². The fourth-order valence-corrected chi connectivity index (χ4v) is 17.9. The van der Waals surface area contributed by atoms with Crippen molar-refractivity contribution in [3.63, 3.8) is 0 Å². The minimum atomic E-state index is -1.39. The van der Waals surface area contributed by atoms with Crippen LogP contribution >= 0.6 is 13.6 Å². The molecule has 0 radical (unpaired) electrons. The van der Waals surface area contributed by atoms with Gasteiger partial charge in [0.2, 0.25) is 0 Å². The molecule has 3 nitrogen and oxygen atoms in total. The summed E-state index contributed by atoms with van der Waals surface area (Å²) in [6, 6.07) is 76.9. The molecule has 9 rings (SSSR count). The third-order valence-corrected chi connectivity index (χ3v) is 21.6. The van der Waals surface area contributed by atoms with Crippen molar-refractivity contribution in [1.29, 1.82) is 0 Å². The first-order valence-electron chi connectivity index (χ1n) is 22.2. The second-order valence-electron chi connectivity index (χ2n) is 16.1. The van der Waals surface area contributed by atoms with Crippen molar-refractivity contribution in [3.05, 3.63) is 241 Å². The van der Waals surface area contributed by atoms with Gasteiger partial charge in [0.15, 0.2) is 0 Å². The van der Waals surface area contributed by atoms with Crippen molar-refractivity contribution in [2.75, 3.05) is 0 Å². The number of halogens is 1. The molecule has 0 aromatic heterocycles. The summed E-state index contributed by atoms with van der Waals surface area (Å²) in [5.74, 6) is 0.191. The molecule has 1 aliphatic carbocycles. The Morgan fingerprint density at radius 3 is 0.938 bits per heavy atom. The summed E-state index contributed by atoms with van der Waals surface area (Å²) >= 11 is 2.25. The van der Waals surface area contributed by atoms with E-state index in [0.717, 1.165) is 35.1 Å². The quantitative estimate of drug-likeness (QED) is 0.122. The molecule has 1 saturated carbocycles. The van der Waals surface area contributed by atoms with Gasteiger partial charge in [0.25, 0.3) is 0 Å². The third kappa shape index (κ3) is 15.3. The summed E-state index contributed by atoms with van der Waals surface area (Å²) in [7, 11) is 0. The van der Waals surface area contributed by atoms with Crippen LogP contribution in [-0.2, 0) is 29.4 Å². The Bertz CT molecular complexity index is 2190. The summed E-state index contributed by atoms with van der Waals surface area (Å²) in [4.78, 5) is 2.35. The van der Waals surface area contributed by atoms with E-state index >= 15 is 0 Å². The second-order valence-corrected chi connectivity index (χ2v) is 25.4. The van der Waals surface area contributed by atoms with Crippen LogP contribution in [0.2, 0.25) is 0 Å². The molecule has 0 saturated heterocycles. The van der Waals surface area contributed by atoms with Crippen molar-refractivity contribution in [2.24, 2.45) is 0 Å². The van der Waals surface area contributed by atoms with Gasteiger partial charge in [-0.15, -0.1) is 11.5 Å². The summed E-state index contributed by atoms with van der Waals surface area (Å²) in [6.45, 7) is 5.28. The molecule has 1 aliphatic rings. The van der Waals surface area contributed by atoms with Crippen molar-refractivity contribution in [2.45, 2.75) is 65.1 Å². The van der Waals surface area contributed by atoms with E-state index in [9.17, 15) is 10.2 Å². The molecule has 1 fully saturated rings. The van der Waals surface area contributed by atoms with E-state index < -0.39 is 29.3 Å². The van der Waals surface area contributed by atoms with Gasteiger partial charge >= 0.3 is 267 Å². The van der Waals surface area contributed by atoms with E-state index in [0.29, 0.717) is 19.1 Å². The number of benzene rings is 8. The molecule has 0 unspecified atom stereocenters. The van der Waals surface area contributed by atoms with Crippen LogP contribution in [-0.4, -0.2) is 40.2 Å². The molecule has 8 aromatic rings. The molecule has 331 valence electrons. The average molecular weight is 1130 g/mol. The third-order valence-electron chi connectivity index (χ3n) is 11.4. The van der Waals surface area contributed by atoms with Gasteiger partial charge in [-0.2, -0.15) is 0 Å². The van der Waals surface area contributed by atoms with Crippen LogP contribution in [0.3, 0.4) is 0 Å². The summed E-state index contributed by atoms with van der Waals surface area (Å²) < 4.78 is 8.87. The molecule has 0 amide bonds. The Morgan fingerprint density at radius 1 is 0.415 bits per heavy atom. The zero-order chi connectivity index (χ0) is 45.6. The van der Waals surface area contributed by atoms with Crippen molar-refractivity contribution in [1.82, 2.24) is 4.90 Å². The molecule has 8 aromatic carbocycles. The van der Waals surface area contributed by atoms with Crippen molar-refractivity contribution >= 4 is 69.0 Å². The molecular weight excluding hydrogens is 1070 g/mol. The zero-order valence-electron chi connectivity index (χ0n) is 37.2. The van der Waals surface area contributed by atoms with E-state index in [1.807, 2.05) is 38.1 Å². The summed E-state index contributed by atoms with van der Waals surface area (Å²) in [6.07, 6.45) is 6.06. The minimum absolute atomic E-state index is 0.0954. The Labute approximate surface area is 414 Å². The number of nitrogens with zero attached hydrogens (tertiary/aromatic N) is 1. The Balaban J connectivity index is 0.000000160. The van der Waals surface area contributed by atoms with Crippen LogP contribution in [0.15, 0.2) is 218 Å². The van der Waals surface area contributed by atoms with Crippen LogP contribution in [0.1, 0.15) is 54.4 Å². The molecule has 0 N–H and O–H groups in total. The van der Waals surface area contributed by atoms with Gasteiger partial charge in [-0.1, -0.05) is 66.8 Å². The number of hydrogen-bond acceptors (Lipinski definition) is 3. The molecule has 0 atom stereocenters. The van der Waals surface area contributed by atoms with Gasteiger partial charge in [0.05, 0.1) is 0 Å². The first kappa shape index (κ1) is 50.0. The average Bonchev–Trinajstić information content (AvgIpc) is 3.37. The van der Waals surface area contributed by atoms with Gasteiger partial charge in [0.1, 0.15) is 0 Å². The number of hydrogen-bond donors (Lipinski definition) is 0. The standard InChI is InChI=1S/C22H29NO2.2C18H15As.BrH.Ru/c1-16-8-10-21(24)18(12-16)14-23(20-6-4-3-5-7-20)15-19-13-17(2)9-11-22(19)25;2*1-4-10-16(11-5-1)19(17-12-6-2-7-13-17)18-14-8-3-9-15-18;;/h8-13,20,24-25H,3-7,14-15H2,1-2H3;2*1-15H;1H;/q;;;;+3/p-3. The van der Waals surface area contributed by atoms with Crippen LogP contribution < -0.4 is 36.3 Å². The topological polar surface area (TPSA) is 49.4 Å². The van der Waals surface area contributed by atoms with Gasteiger partial charge in [-0.05, 0) is 37.8 Å². The molecule has 0 spiro atoms. The number of aryl methyl sites for hydroxylation is 2. The fraction of sp³-hybridized carbons (Fsp3) is 0.172. The van der Waals surface area contributed by atoms with Gasteiger partial charge in [0, 0.05) is 19.1 Å². The predicted molar refractivity (Wildman–Crippen MR) is 274 cm³/mol. The molecular formula is C58H57As2BrNO2Ru. The summed E-state index contributed by atoms with van der Waals surface area (Å²) in [5.41, 5.74) is 3.90. The SMILES string of the molecule is Cc1ccc([O-])c(CN(Cc2cc(C)ccc2[O-])C2CCCCC2)c1.[Br][Ru+2].c1ccc([As](c2ccccc2)c2ccccc2)cc1.c1ccc([As](c2ccccc2)c2ccccc2)cc1. The molecule has 0 bridgehead atoms.